The van der Waals surface area contributed by atoms with E-state index in [9.17, 15) is 0 Å². The van der Waals surface area contributed by atoms with E-state index in [1.54, 1.807) is 0 Å². The fourth-order valence-corrected chi connectivity index (χ4v) is 3.35. The first-order chi connectivity index (χ1) is 10.2. The summed E-state index contributed by atoms with van der Waals surface area (Å²) in [6.45, 7) is 2.07. The highest BCUT2D eigenvalue weighted by Crippen LogP contribution is 2.29. The minimum atomic E-state index is 0.334. The van der Waals surface area contributed by atoms with Crippen molar-refractivity contribution in [2.75, 3.05) is 5.32 Å². The number of para-hydroxylation sites is 1. The van der Waals surface area contributed by atoms with E-state index in [1.807, 2.05) is 18.2 Å². The first-order valence-electron chi connectivity index (χ1n) is 7.05. The maximum atomic E-state index is 5.81. The van der Waals surface area contributed by atoms with E-state index in [2.05, 4.69) is 43.4 Å². The van der Waals surface area contributed by atoms with Crippen LogP contribution in [0.1, 0.15) is 23.4 Å². The molecule has 6 heteroatoms. The number of oxazole rings is 1. The first kappa shape index (κ1) is 12.9. The van der Waals surface area contributed by atoms with Crippen molar-refractivity contribution in [2.24, 2.45) is 0 Å². The number of H-pyrrole nitrogens is 1. The van der Waals surface area contributed by atoms with Gasteiger partial charge in [-0.2, -0.15) is 10.1 Å². The van der Waals surface area contributed by atoms with Crippen LogP contribution in [0, 0.1) is 6.92 Å². The van der Waals surface area contributed by atoms with Gasteiger partial charge in [-0.15, -0.1) is 0 Å². The second-order valence-electron chi connectivity index (χ2n) is 5.47. The van der Waals surface area contributed by atoms with Gasteiger partial charge in [-0.3, -0.25) is 5.10 Å². The third-order valence-electron chi connectivity index (χ3n) is 4.03. The van der Waals surface area contributed by atoms with Gasteiger partial charge in [0, 0.05) is 11.7 Å². The number of hydrogen-bond acceptors (Lipinski definition) is 4. The van der Waals surface area contributed by atoms with Gasteiger partial charge in [0.25, 0.3) is 6.01 Å². The smallest absolute Gasteiger partial charge is 0.295 e. The quantitative estimate of drug-likeness (QED) is 0.744. The molecule has 3 aromatic rings. The zero-order valence-electron chi connectivity index (χ0n) is 11.6. The lowest BCUT2D eigenvalue weighted by Crippen LogP contribution is -2.27. The highest BCUT2D eigenvalue weighted by Gasteiger charge is 2.23. The van der Waals surface area contributed by atoms with Gasteiger partial charge in [-0.1, -0.05) is 6.07 Å². The van der Waals surface area contributed by atoms with Crippen LogP contribution in [-0.4, -0.2) is 21.2 Å². The third kappa shape index (κ3) is 2.23. The Hall–Kier alpha value is -1.82. The molecule has 0 fully saturated rings. The van der Waals surface area contributed by atoms with Crippen molar-refractivity contribution in [1.29, 1.82) is 0 Å². The molecule has 1 aliphatic rings. The van der Waals surface area contributed by atoms with Crippen molar-refractivity contribution in [1.82, 2.24) is 15.2 Å². The van der Waals surface area contributed by atoms with Crippen molar-refractivity contribution in [3.05, 3.63) is 39.6 Å². The lowest BCUT2D eigenvalue weighted by molar-refractivity contribution is 0.553. The number of rotatable bonds is 2. The molecule has 0 radical (unpaired) electrons. The number of halogens is 1. The van der Waals surface area contributed by atoms with Gasteiger partial charge in [-0.25, -0.2) is 0 Å². The van der Waals surface area contributed by atoms with Crippen LogP contribution in [0.3, 0.4) is 0 Å². The van der Waals surface area contributed by atoms with Gasteiger partial charge in [0.2, 0.25) is 0 Å². The molecule has 0 saturated carbocycles. The minimum Gasteiger partial charge on any atom is -0.422 e. The summed E-state index contributed by atoms with van der Waals surface area (Å²) in [7, 11) is 0. The standard InChI is InChI=1S/C15H15BrN4O/c1-8-10-7-9(5-6-12(10)20-19-8)17-15-18-13-4-2-3-11(16)14(13)21-15/h2-4,9H,5-7H2,1H3,(H,17,18)(H,19,20). The molecule has 5 nitrogen and oxygen atoms in total. The zero-order chi connectivity index (χ0) is 14.4. The summed E-state index contributed by atoms with van der Waals surface area (Å²) in [5.41, 5.74) is 5.34. The van der Waals surface area contributed by atoms with Crippen LogP contribution in [0.4, 0.5) is 6.01 Å². The van der Waals surface area contributed by atoms with Gasteiger partial charge < -0.3 is 9.73 Å². The van der Waals surface area contributed by atoms with E-state index in [0.29, 0.717) is 12.1 Å². The van der Waals surface area contributed by atoms with Crippen molar-refractivity contribution in [3.8, 4) is 0 Å². The molecule has 1 aromatic carbocycles. The monoisotopic (exact) mass is 346 g/mol. The van der Waals surface area contributed by atoms with Crippen LogP contribution in [0.2, 0.25) is 0 Å². The number of hydrogen-bond donors (Lipinski definition) is 2. The van der Waals surface area contributed by atoms with Gasteiger partial charge >= 0.3 is 0 Å². The fraction of sp³-hybridized carbons (Fsp3) is 0.333. The van der Waals surface area contributed by atoms with E-state index in [-0.39, 0.29) is 0 Å². The normalized spacial score (nSPS) is 17.9. The van der Waals surface area contributed by atoms with Crippen LogP contribution in [0.25, 0.3) is 11.1 Å². The lowest BCUT2D eigenvalue weighted by atomic mass is 9.92. The van der Waals surface area contributed by atoms with E-state index >= 15 is 0 Å². The SMILES string of the molecule is Cc1[nH]nc2c1CC(Nc1nc3cccc(Br)c3o1)CC2. The fourth-order valence-electron chi connectivity index (χ4n) is 2.91. The number of aryl methyl sites for hydroxylation is 2. The van der Waals surface area contributed by atoms with E-state index < -0.39 is 0 Å². The predicted octanol–water partition coefficient (Wildman–Crippen LogP) is 3.59. The molecule has 2 aromatic heterocycles. The summed E-state index contributed by atoms with van der Waals surface area (Å²) in [5.74, 6) is 0. The third-order valence-corrected chi connectivity index (χ3v) is 4.66. The zero-order valence-corrected chi connectivity index (χ0v) is 13.2. The molecule has 108 valence electrons. The number of aromatic amines is 1. The molecule has 21 heavy (non-hydrogen) atoms. The summed E-state index contributed by atoms with van der Waals surface area (Å²) in [6, 6.07) is 6.79. The number of nitrogens with zero attached hydrogens (tertiary/aromatic N) is 2. The molecule has 2 heterocycles. The molecular formula is C15H15BrN4O. The summed E-state index contributed by atoms with van der Waals surface area (Å²) >= 11 is 3.49. The summed E-state index contributed by atoms with van der Waals surface area (Å²) in [4.78, 5) is 4.50. The van der Waals surface area contributed by atoms with Crippen LogP contribution in [0.5, 0.6) is 0 Å². The van der Waals surface area contributed by atoms with E-state index in [1.165, 1.54) is 11.3 Å². The van der Waals surface area contributed by atoms with Crippen LogP contribution >= 0.6 is 15.9 Å². The predicted molar refractivity (Wildman–Crippen MR) is 84.5 cm³/mol. The van der Waals surface area contributed by atoms with Crippen LogP contribution in [-0.2, 0) is 12.8 Å². The molecule has 1 unspecified atom stereocenters. The van der Waals surface area contributed by atoms with Crippen molar-refractivity contribution < 1.29 is 4.42 Å². The van der Waals surface area contributed by atoms with Crippen LogP contribution < -0.4 is 5.32 Å². The summed E-state index contributed by atoms with van der Waals surface area (Å²) in [5, 5.41) is 10.8. The summed E-state index contributed by atoms with van der Waals surface area (Å²) in [6.07, 6.45) is 2.98. The Bertz CT molecular complexity index is 807. The highest BCUT2D eigenvalue weighted by atomic mass is 79.9. The highest BCUT2D eigenvalue weighted by molar-refractivity contribution is 9.10. The molecular weight excluding hydrogens is 332 g/mol. The lowest BCUT2D eigenvalue weighted by Gasteiger charge is -2.22. The second-order valence-corrected chi connectivity index (χ2v) is 6.32. The van der Waals surface area contributed by atoms with Gasteiger partial charge in [0.05, 0.1) is 10.2 Å². The number of nitrogens with one attached hydrogen (secondary N) is 2. The average molecular weight is 347 g/mol. The maximum Gasteiger partial charge on any atom is 0.295 e. The van der Waals surface area contributed by atoms with E-state index in [4.69, 9.17) is 4.42 Å². The van der Waals surface area contributed by atoms with Crippen molar-refractivity contribution in [2.45, 2.75) is 32.2 Å². The largest absolute Gasteiger partial charge is 0.422 e. The Labute approximate surface area is 130 Å². The van der Waals surface area contributed by atoms with E-state index in [0.717, 1.165) is 40.5 Å². The average Bonchev–Trinajstić information content (AvgIpc) is 3.04. The Morgan fingerprint density at radius 1 is 1.43 bits per heavy atom. The molecule has 0 bridgehead atoms. The Morgan fingerprint density at radius 3 is 3.19 bits per heavy atom. The van der Waals surface area contributed by atoms with Gasteiger partial charge in [-0.05, 0) is 59.8 Å². The first-order valence-corrected chi connectivity index (χ1v) is 7.84. The number of benzene rings is 1. The topological polar surface area (TPSA) is 66.7 Å². The Balaban J connectivity index is 1.58. The Morgan fingerprint density at radius 2 is 2.33 bits per heavy atom. The molecule has 2 N–H and O–H groups in total. The number of aromatic nitrogens is 3. The minimum absolute atomic E-state index is 0.334. The Kier molecular flexibility index (Phi) is 2.99. The molecule has 0 amide bonds. The van der Waals surface area contributed by atoms with Crippen LogP contribution in [0.15, 0.2) is 27.1 Å². The molecule has 1 atom stereocenters. The van der Waals surface area contributed by atoms with Gasteiger partial charge in [0.1, 0.15) is 5.52 Å². The molecule has 0 spiro atoms. The summed E-state index contributed by atoms with van der Waals surface area (Å²) < 4.78 is 6.74. The number of fused-ring (bicyclic) bond motifs is 2. The van der Waals surface area contributed by atoms with Gasteiger partial charge in [0.15, 0.2) is 5.58 Å². The van der Waals surface area contributed by atoms with Crippen molar-refractivity contribution in [3.63, 3.8) is 0 Å². The van der Waals surface area contributed by atoms with Crippen molar-refractivity contribution >= 4 is 33.0 Å². The molecule has 1 aliphatic carbocycles. The number of anilines is 1. The maximum absolute atomic E-state index is 5.81. The molecule has 0 saturated heterocycles. The molecule has 4 rings (SSSR count). The second kappa shape index (κ2) is 4.87. The molecule has 0 aliphatic heterocycles.